The number of ketones is 1. The minimum atomic E-state index is -0.921. The van der Waals surface area contributed by atoms with Crippen molar-refractivity contribution in [1.82, 2.24) is 4.57 Å². The number of carboxylic acid groups (broad SMARTS) is 2. The smallest absolute Gasteiger partial charge is 0.307 e. The van der Waals surface area contributed by atoms with Crippen LogP contribution in [0.1, 0.15) is 59.7 Å². The van der Waals surface area contributed by atoms with Gasteiger partial charge in [-0.25, -0.2) is 0 Å². The van der Waals surface area contributed by atoms with Gasteiger partial charge >= 0.3 is 11.9 Å². The van der Waals surface area contributed by atoms with E-state index in [0.717, 1.165) is 40.6 Å². The van der Waals surface area contributed by atoms with Gasteiger partial charge < -0.3 is 29.0 Å². The van der Waals surface area contributed by atoms with E-state index in [0.29, 0.717) is 48.8 Å². The molecule has 0 saturated heterocycles. The lowest BCUT2D eigenvalue weighted by Crippen LogP contribution is -2.05. The molecule has 4 aromatic rings. The van der Waals surface area contributed by atoms with E-state index in [-0.39, 0.29) is 18.6 Å². The highest BCUT2D eigenvalue weighted by molar-refractivity contribution is 5.97. The largest absolute Gasteiger partial charge is 0.497 e. The fraction of sp³-hybridized carbons (Fsp3) is 0.286. The minimum absolute atomic E-state index is 0.0505. The summed E-state index contributed by atoms with van der Waals surface area (Å²) in [5.41, 5.74) is 3.95. The number of benzene rings is 3. The molecule has 9 heteroatoms. The number of rotatable bonds is 17. The third-order valence-corrected chi connectivity index (χ3v) is 7.12. The van der Waals surface area contributed by atoms with Gasteiger partial charge in [-0.2, -0.15) is 0 Å². The quantitative estimate of drug-likeness (QED) is 0.0776. The summed E-state index contributed by atoms with van der Waals surface area (Å²) in [5.74, 6) is 0.0649. The maximum atomic E-state index is 11.9. The van der Waals surface area contributed by atoms with Crippen molar-refractivity contribution in [2.75, 3.05) is 20.3 Å². The molecule has 0 fully saturated rings. The van der Waals surface area contributed by atoms with Crippen LogP contribution in [-0.4, -0.2) is 52.8 Å². The number of aryl methyl sites for hydroxylation is 1. The number of aromatic nitrogens is 1. The Morgan fingerprint density at radius 2 is 1.57 bits per heavy atom. The number of methoxy groups -OCH3 is 1. The summed E-state index contributed by atoms with van der Waals surface area (Å²) >= 11 is 0. The topological polar surface area (TPSA) is 124 Å². The average Bonchev–Trinajstić information content (AvgIpc) is 3.34. The lowest BCUT2D eigenvalue weighted by molar-refractivity contribution is -0.137. The minimum Gasteiger partial charge on any atom is -0.497 e. The molecule has 1 heterocycles. The van der Waals surface area contributed by atoms with Crippen molar-refractivity contribution >= 4 is 40.8 Å². The summed E-state index contributed by atoms with van der Waals surface area (Å²) in [6, 6.07) is 18.7. The lowest BCUT2D eigenvalue weighted by atomic mass is 10.0. The van der Waals surface area contributed by atoms with Crippen molar-refractivity contribution in [3.05, 3.63) is 89.1 Å². The first-order valence-corrected chi connectivity index (χ1v) is 14.5. The molecule has 4 rings (SSSR count). The summed E-state index contributed by atoms with van der Waals surface area (Å²) in [5, 5.41) is 19.3. The van der Waals surface area contributed by atoms with Gasteiger partial charge in [-0.1, -0.05) is 36.4 Å². The number of carboxylic acids is 2. The maximum Gasteiger partial charge on any atom is 0.307 e. The van der Waals surface area contributed by atoms with Crippen molar-refractivity contribution in [2.24, 2.45) is 0 Å². The number of carbonyl (C=O) groups is 3. The van der Waals surface area contributed by atoms with Crippen molar-refractivity contribution in [1.29, 1.82) is 0 Å². The van der Waals surface area contributed by atoms with E-state index in [4.69, 9.17) is 19.3 Å². The molecule has 1 aromatic heterocycles. The van der Waals surface area contributed by atoms with Crippen LogP contribution in [0.2, 0.25) is 0 Å². The van der Waals surface area contributed by atoms with Crippen LogP contribution in [0.15, 0.2) is 66.9 Å². The molecule has 9 nitrogen and oxygen atoms in total. The molecule has 0 amide bonds. The van der Waals surface area contributed by atoms with Gasteiger partial charge in [-0.15, -0.1) is 0 Å². The molecule has 0 atom stereocenters. The first kappa shape index (κ1) is 31.9. The monoisotopic (exact) mass is 599 g/mol. The molecule has 0 radical (unpaired) electrons. The molecule has 2 N–H and O–H groups in total. The number of aliphatic carboxylic acids is 2. The molecule has 230 valence electrons. The number of Topliss-reactive ketones (excluding diaryl/α,β-unsaturated/α-hetero) is 1. The standard InChI is InChI=1S/C35H37NO8/c1-24(37)30-17-16-29(42-2)22-32(30)44-20-4-3-19-43-28-14-11-25(12-15-28)10-13-26-7-5-8-31-35(26)27(21-34(40)41)23-36(31)18-6-9-33(38)39/h5,7-8,10-17,22-23H,3-4,6,9,18-21H2,1-2H3,(H,38,39)(H,40,41)/b13-10+. The molecular formula is C35H37NO8. The molecular weight excluding hydrogens is 562 g/mol. The Hall–Kier alpha value is -5.05. The summed E-state index contributed by atoms with van der Waals surface area (Å²) in [6.07, 6.45) is 7.67. The molecule has 3 aromatic carbocycles. The molecule has 0 spiro atoms. The zero-order chi connectivity index (χ0) is 31.5. The van der Waals surface area contributed by atoms with E-state index in [1.807, 2.05) is 65.4 Å². The van der Waals surface area contributed by atoms with Crippen LogP contribution in [0.5, 0.6) is 17.2 Å². The zero-order valence-electron chi connectivity index (χ0n) is 25.0. The van der Waals surface area contributed by atoms with Crippen molar-refractivity contribution in [3.63, 3.8) is 0 Å². The van der Waals surface area contributed by atoms with Gasteiger partial charge in [0.2, 0.25) is 0 Å². The highest BCUT2D eigenvalue weighted by Gasteiger charge is 2.14. The van der Waals surface area contributed by atoms with Crippen LogP contribution in [0.25, 0.3) is 23.1 Å². The highest BCUT2D eigenvalue weighted by atomic mass is 16.5. The molecule has 0 aliphatic carbocycles. The molecule has 0 aliphatic heterocycles. The van der Waals surface area contributed by atoms with Crippen LogP contribution < -0.4 is 14.2 Å². The molecule has 44 heavy (non-hydrogen) atoms. The lowest BCUT2D eigenvalue weighted by Gasteiger charge is -2.12. The Morgan fingerprint density at radius 3 is 2.25 bits per heavy atom. The second-order valence-corrected chi connectivity index (χ2v) is 10.4. The number of nitrogens with zero attached hydrogens (tertiary/aromatic N) is 1. The molecule has 0 saturated carbocycles. The van der Waals surface area contributed by atoms with E-state index in [2.05, 4.69) is 0 Å². The average molecular weight is 600 g/mol. The van der Waals surface area contributed by atoms with Gasteiger partial charge in [0.05, 0.1) is 32.3 Å². The van der Waals surface area contributed by atoms with Crippen LogP contribution in [0.3, 0.4) is 0 Å². The zero-order valence-corrected chi connectivity index (χ0v) is 25.0. The van der Waals surface area contributed by atoms with Gasteiger partial charge in [0.25, 0.3) is 0 Å². The predicted octanol–water partition coefficient (Wildman–Crippen LogP) is 6.75. The van der Waals surface area contributed by atoms with Crippen LogP contribution >= 0.6 is 0 Å². The van der Waals surface area contributed by atoms with E-state index < -0.39 is 11.9 Å². The fourth-order valence-electron chi connectivity index (χ4n) is 4.97. The Kier molecular flexibility index (Phi) is 11.2. The maximum absolute atomic E-state index is 11.9. The normalized spacial score (nSPS) is 11.1. The Bertz CT molecular complexity index is 1630. The number of ether oxygens (including phenoxy) is 3. The first-order chi connectivity index (χ1) is 21.2. The number of hydrogen-bond donors (Lipinski definition) is 2. The SMILES string of the molecule is COc1ccc(C(C)=O)c(OCCCCOc2ccc(/C=C/c3cccc4c3c(CC(=O)O)cn4CCCC(=O)O)cc2)c1. The summed E-state index contributed by atoms with van der Waals surface area (Å²) < 4.78 is 18.9. The summed E-state index contributed by atoms with van der Waals surface area (Å²) in [6.45, 7) is 2.98. The second-order valence-electron chi connectivity index (χ2n) is 10.4. The Balaban J connectivity index is 1.33. The Morgan fingerprint density at radius 1 is 0.841 bits per heavy atom. The van der Waals surface area contributed by atoms with Gasteiger partial charge in [-0.05, 0) is 73.2 Å². The van der Waals surface area contributed by atoms with Crippen molar-refractivity contribution in [2.45, 2.75) is 45.6 Å². The van der Waals surface area contributed by atoms with Gasteiger partial charge in [0.15, 0.2) is 5.78 Å². The second kappa shape index (κ2) is 15.4. The van der Waals surface area contributed by atoms with Gasteiger partial charge in [0, 0.05) is 36.1 Å². The van der Waals surface area contributed by atoms with Crippen LogP contribution in [0, 0.1) is 0 Å². The number of carbonyl (C=O) groups excluding carboxylic acids is 1. The van der Waals surface area contributed by atoms with Crippen LogP contribution in [0.4, 0.5) is 0 Å². The van der Waals surface area contributed by atoms with E-state index >= 15 is 0 Å². The predicted molar refractivity (Wildman–Crippen MR) is 169 cm³/mol. The van der Waals surface area contributed by atoms with Crippen LogP contribution in [-0.2, 0) is 22.6 Å². The summed E-state index contributed by atoms with van der Waals surface area (Å²) in [7, 11) is 1.57. The van der Waals surface area contributed by atoms with Crippen molar-refractivity contribution < 1.29 is 38.8 Å². The molecule has 0 bridgehead atoms. The van der Waals surface area contributed by atoms with E-state index in [9.17, 15) is 19.5 Å². The highest BCUT2D eigenvalue weighted by Crippen LogP contribution is 2.29. The third kappa shape index (κ3) is 8.73. The Labute approximate surface area is 256 Å². The van der Waals surface area contributed by atoms with Crippen molar-refractivity contribution in [3.8, 4) is 17.2 Å². The number of hydrogen-bond acceptors (Lipinski definition) is 6. The third-order valence-electron chi connectivity index (χ3n) is 7.12. The van der Waals surface area contributed by atoms with Gasteiger partial charge in [0.1, 0.15) is 17.2 Å². The number of unbranched alkanes of at least 4 members (excludes halogenated alkanes) is 1. The first-order valence-electron chi connectivity index (χ1n) is 14.5. The van der Waals surface area contributed by atoms with E-state index in [1.54, 1.807) is 25.3 Å². The number of fused-ring (bicyclic) bond motifs is 1. The van der Waals surface area contributed by atoms with Gasteiger partial charge in [-0.3, -0.25) is 14.4 Å². The molecule has 0 aliphatic rings. The molecule has 0 unspecified atom stereocenters. The fourth-order valence-corrected chi connectivity index (χ4v) is 4.97. The summed E-state index contributed by atoms with van der Waals surface area (Å²) in [4.78, 5) is 34.4. The van der Waals surface area contributed by atoms with E-state index in [1.165, 1.54) is 6.92 Å².